The smallest absolute Gasteiger partial charge is 0.277 e. The zero-order valence-electron chi connectivity index (χ0n) is 10.7. The van der Waals surface area contributed by atoms with Crippen LogP contribution in [0.5, 0.6) is 0 Å². The fourth-order valence-corrected chi connectivity index (χ4v) is 2.39. The van der Waals surface area contributed by atoms with Gasteiger partial charge < -0.3 is 9.73 Å². The van der Waals surface area contributed by atoms with Gasteiger partial charge in [-0.2, -0.15) is 0 Å². The summed E-state index contributed by atoms with van der Waals surface area (Å²) < 4.78 is 5.54. The molecule has 6 heteroatoms. The van der Waals surface area contributed by atoms with Gasteiger partial charge in [0.1, 0.15) is 5.76 Å². The number of carbonyl (C=O) groups is 1. The Hall–Kier alpha value is -2.47. The Morgan fingerprint density at radius 2 is 2.25 bits per heavy atom. The Morgan fingerprint density at radius 3 is 2.95 bits per heavy atom. The maximum atomic E-state index is 12.2. The van der Waals surface area contributed by atoms with Gasteiger partial charge in [0.25, 0.3) is 5.91 Å². The van der Waals surface area contributed by atoms with E-state index in [2.05, 4.69) is 15.3 Å². The summed E-state index contributed by atoms with van der Waals surface area (Å²) in [5.41, 5.74) is 0.912. The van der Waals surface area contributed by atoms with Crippen LogP contribution in [0.15, 0.2) is 46.5 Å². The first-order chi connectivity index (χ1) is 9.74. The van der Waals surface area contributed by atoms with Crippen molar-refractivity contribution in [2.45, 2.75) is 6.92 Å². The maximum absolute atomic E-state index is 12.2. The molecular weight excluding hydrogens is 274 g/mol. The maximum Gasteiger partial charge on any atom is 0.277 e. The number of hydrogen-bond acceptors (Lipinski definition) is 5. The van der Waals surface area contributed by atoms with Gasteiger partial charge in [0.2, 0.25) is 5.89 Å². The molecule has 0 saturated carbocycles. The number of carbonyl (C=O) groups excluding carboxylic acids is 1. The molecule has 3 aromatic rings. The van der Waals surface area contributed by atoms with Crippen molar-refractivity contribution >= 4 is 22.9 Å². The van der Waals surface area contributed by atoms with Crippen LogP contribution in [0.25, 0.3) is 10.8 Å². The summed E-state index contributed by atoms with van der Waals surface area (Å²) in [7, 11) is 0. The summed E-state index contributed by atoms with van der Waals surface area (Å²) in [6.45, 7) is 1.72. The fourth-order valence-electron chi connectivity index (χ4n) is 1.74. The molecule has 0 spiro atoms. The molecule has 5 nitrogen and oxygen atoms in total. The van der Waals surface area contributed by atoms with E-state index in [0.29, 0.717) is 17.3 Å². The summed E-state index contributed by atoms with van der Waals surface area (Å²) in [4.78, 5) is 21.3. The number of rotatable bonds is 3. The van der Waals surface area contributed by atoms with Crippen molar-refractivity contribution in [1.82, 2.24) is 9.97 Å². The molecule has 1 amide bonds. The first-order valence-electron chi connectivity index (χ1n) is 5.97. The highest BCUT2D eigenvalue weighted by Gasteiger charge is 2.18. The first kappa shape index (κ1) is 12.6. The molecule has 3 aromatic heterocycles. The van der Waals surface area contributed by atoms with Gasteiger partial charge in [-0.05, 0) is 30.5 Å². The molecule has 3 heterocycles. The summed E-state index contributed by atoms with van der Waals surface area (Å²) in [5, 5.41) is 4.67. The Bertz CT molecular complexity index is 720. The van der Waals surface area contributed by atoms with E-state index < -0.39 is 0 Å². The quantitative estimate of drug-likeness (QED) is 0.801. The van der Waals surface area contributed by atoms with E-state index in [1.807, 2.05) is 17.5 Å². The standard InChI is InChI=1S/C14H11N3O2S/c1-9-12(13(18)16-10-4-2-6-15-8-10)17-14(19-9)11-5-3-7-20-11/h2-8H,1H3,(H,16,18). The summed E-state index contributed by atoms with van der Waals surface area (Å²) in [5.74, 6) is 0.658. The lowest BCUT2D eigenvalue weighted by molar-refractivity contribution is 0.102. The molecule has 100 valence electrons. The van der Waals surface area contributed by atoms with Crippen LogP contribution in [-0.4, -0.2) is 15.9 Å². The van der Waals surface area contributed by atoms with Crippen molar-refractivity contribution in [2.24, 2.45) is 0 Å². The minimum Gasteiger partial charge on any atom is -0.440 e. The predicted molar refractivity (Wildman–Crippen MR) is 76.7 cm³/mol. The zero-order valence-corrected chi connectivity index (χ0v) is 11.5. The number of anilines is 1. The predicted octanol–water partition coefficient (Wildman–Crippen LogP) is 3.36. The second-order valence-corrected chi connectivity index (χ2v) is 5.04. The van der Waals surface area contributed by atoms with Crippen LogP contribution in [0.4, 0.5) is 5.69 Å². The van der Waals surface area contributed by atoms with E-state index >= 15 is 0 Å². The highest BCUT2D eigenvalue weighted by Crippen LogP contribution is 2.26. The second-order valence-electron chi connectivity index (χ2n) is 4.10. The number of aromatic nitrogens is 2. The van der Waals surface area contributed by atoms with Gasteiger partial charge in [-0.3, -0.25) is 9.78 Å². The Labute approximate surface area is 119 Å². The molecule has 0 bridgehead atoms. The van der Waals surface area contributed by atoms with E-state index in [1.165, 1.54) is 11.3 Å². The minimum atomic E-state index is -0.304. The van der Waals surface area contributed by atoms with Crippen molar-refractivity contribution in [3.8, 4) is 10.8 Å². The molecule has 0 aliphatic heterocycles. The van der Waals surface area contributed by atoms with Crippen LogP contribution in [0.3, 0.4) is 0 Å². The highest BCUT2D eigenvalue weighted by atomic mass is 32.1. The van der Waals surface area contributed by atoms with E-state index in [-0.39, 0.29) is 11.6 Å². The topological polar surface area (TPSA) is 68.0 Å². The molecule has 0 aromatic carbocycles. The molecule has 0 aliphatic carbocycles. The van der Waals surface area contributed by atoms with E-state index in [9.17, 15) is 4.79 Å². The number of aryl methyl sites for hydroxylation is 1. The molecule has 0 aliphatic rings. The van der Waals surface area contributed by atoms with Gasteiger partial charge >= 0.3 is 0 Å². The Balaban J connectivity index is 1.85. The number of hydrogen-bond donors (Lipinski definition) is 1. The lowest BCUT2D eigenvalue weighted by Crippen LogP contribution is -2.13. The van der Waals surface area contributed by atoms with Gasteiger partial charge in [0.05, 0.1) is 16.8 Å². The summed E-state index contributed by atoms with van der Waals surface area (Å²) in [6, 6.07) is 7.33. The van der Waals surface area contributed by atoms with Crippen LogP contribution in [0, 0.1) is 6.92 Å². The Kier molecular flexibility index (Phi) is 3.30. The average molecular weight is 285 g/mol. The van der Waals surface area contributed by atoms with E-state index in [1.54, 1.807) is 31.5 Å². The lowest BCUT2D eigenvalue weighted by atomic mass is 10.3. The van der Waals surface area contributed by atoms with Crippen LogP contribution >= 0.6 is 11.3 Å². The van der Waals surface area contributed by atoms with Crippen LogP contribution < -0.4 is 5.32 Å². The second kappa shape index (κ2) is 5.26. The van der Waals surface area contributed by atoms with Crippen molar-refractivity contribution in [3.63, 3.8) is 0 Å². The monoisotopic (exact) mass is 285 g/mol. The van der Waals surface area contributed by atoms with Gasteiger partial charge in [-0.1, -0.05) is 6.07 Å². The third kappa shape index (κ3) is 2.46. The zero-order chi connectivity index (χ0) is 13.9. The fraction of sp³-hybridized carbons (Fsp3) is 0.0714. The molecule has 0 atom stereocenters. The van der Waals surface area contributed by atoms with Crippen LogP contribution in [0.2, 0.25) is 0 Å². The van der Waals surface area contributed by atoms with E-state index in [4.69, 9.17) is 4.42 Å². The van der Waals surface area contributed by atoms with Crippen molar-refractivity contribution in [3.05, 3.63) is 53.5 Å². The van der Waals surface area contributed by atoms with Gasteiger partial charge in [0.15, 0.2) is 5.69 Å². The molecule has 0 fully saturated rings. The number of oxazole rings is 1. The summed E-state index contributed by atoms with van der Waals surface area (Å²) >= 11 is 1.52. The van der Waals surface area contributed by atoms with Crippen molar-refractivity contribution in [1.29, 1.82) is 0 Å². The van der Waals surface area contributed by atoms with E-state index in [0.717, 1.165) is 4.88 Å². The van der Waals surface area contributed by atoms with Crippen LogP contribution in [0.1, 0.15) is 16.2 Å². The third-order valence-electron chi connectivity index (χ3n) is 2.66. The molecule has 0 radical (unpaired) electrons. The van der Waals surface area contributed by atoms with Gasteiger partial charge in [0, 0.05) is 6.20 Å². The van der Waals surface area contributed by atoms with Gasteiger partial charge in [-0.15, -0.1) is 11.3 Å². The highest BCUT2D eigenvalue weighted by molar-refractivity contribution is 7.13. The Morgan fingerprint density at radius 1 is 1.35 bits per heavy atom. The molecule has 1 N–H and O–H groups in total. The molecule has 20 heavy (non-hydrogen) atoms. The largest absolute Gasteiger partial charge is 0.440 e. The van der Waals surface area contributed by atoms with Crippen molar-refractivity contribution < 1.29 is 9.21 Å². The minimum absolute atomic E-state index is 0.289. The SMILES string of the molecule is Cc1oc(-c2cccs2)nc1C(=O)Nc1cccnc1. The van der Waals surface area contributed by atoms with Gasteiger partial charge in [-0.25, -0.2) is 4.98 Å². The number of nitrogens with one attached hydrogen (secondary N) is 1. The molecule has 0 saturated heterocycles. The molecular formula is C14H11N3O2S. The first-order valence-corrected chi connectivity index (χ1v) is 6.84. The molecule has 3 rings (SSSR count). The number of amides is 1. The number of thiophene rings is 1. The van der Waals surface area contributed by atoms with Crippen molar-refractivity contribution in [2.75, 3.05) is 5.32 Å². The lowest BCUT2D eigenvalue weighted by Gasteiger charge is -2.01. The molecule has 0 unspecified atom stereocenters. The third-order valence-corrected chi connectivity index (χ3v) is 3.52. The number of pyridine rings is 1. The van der Waals surface area contributed by atoms with Crippen LogP contribution in [-0.2, 0) is 0 Å². The normalized spacial score (nSPS) is 10.4. The summed E-state index contributed by atoms with van der Waals surface area (Å²) in [6.07, 6.45) is 3.22. The average Bonchev–Trinajstić information content (AvgIpc) is 3.08. The number of nitrogens with zero attached hydrogens (tertiary/aromatic N) is 2.